The van der Waals surface area contributed by atoms with E-state index < -0.39 is 34.8 Å². The monoisotopic (exact) mass is 478 g/mol. The molecule has 3 aromatic rings. The molecule has 0 amide bonds. The average molecular weight is 479 g/mol. The van der Waals surface area contributed by atoms with E-state index in [2.05, 4.69) is 15.3 Å². The number of pyridine rings is 2. The number of hydrogen-bond acceptors (Lipinski definition) is 4. The topological polar surface area (TPSA) is 70.1 Å². The van der Waals surface area contributed by atoms with Crippen molar-refractivity contribution >= 4 is 17.4 Å². The Morgan fingerprint density at radius 2 is 1.79 bits per heavy atom. The largest absolute Gasteiger partial charge is 0.433 e. The fourth-order valence-corrected chi connectivity index (χ4v) is 4.43. The Balaban J connectivity index is 1.94. The average Bonchev–Trinajstić information content (AvgIpc) is 3.13. The fourth-order valence-electron chi connectivity index (χ4n) is 4.14. The number of H-pyrrole nitrogens is 1. The van der Waals surface area contributed by atoms with Crippen molar-refractivity contribution in [2.45, 2.75) is 38.0 Å². The third-order valence-electron chi connectivity index (χ3n) is 5.79. The lowest BCUT2D eigenvalue weighted by molar-refractivity contribution is -0.141. The van der Waals surface area contributed by atoms with Gasteiger partial charge in [-0.3, -0.25) is 9.78 Å². The molecule has 33 heavy (non-hydrogen) atoms. The van der Waals surface area contributed by atoms with Gasteiger partial charge < -0.3 is 10.3 Å². The molecule has 2 atom stereocenters. The number of nitrogens with zero attached hydrogens (tertiary/aromatic N) is 2. The molecule has 0 unspecified atom stereocenters. The maximum absolute atomic E-state index is 13.7. The second-order valence-electron chi connectivity index (χ2n) is 7.71. The minimum absolute atomic E-state index is 0.0441. The molecule has 2 aromatic heterocycles. The Kier molecular flexibility index (Phi) is 5.78. The zero-order chi connectivity index (χ0) is 24.0. The van der Waals surface area contributed by atoms with Crippen molar-refractivity contribution < 1.29 is 17.6 Å². The molecule has 0 aliphatic carbocycles. The van der Waals surface area contributed by atoms with Crippen LogP contribution in [0, 0.1) is 5.82 Å². The van der Waals surface area contributed by atoms with Gasteiger partial charge in [0.05, 0.1) is 6.04 Å². The van der Waals surface area contributed by atoms with Gasteiger partial charge in [-0.2, -0.15) is 13.2 Å². The lowest BCUT2D eigenvalue weighted by Crippen LogP contribution is -2.41. The number of hydrogen-bond donors (Lipinski definition) is 2. The molecule has 10 heteroatoms. The van der Waals surface area contributed by atoms with E-state index in [1.807, 2.05) is 13.8 Å². The molecule has 1 aliphatic rings. The van der Waals surface area contributed by atoms with Crippen LogP contribution in [-0.4, -0.2) is 21.8 Å². The van der Waals surface area contributed by atoms with Crippen LogP contribution < -0.4 is 10.9 Å². The summed E-state index contributed by atoms with van der Waals surface area (Å²) >= 11 is 6.21. The SMILES string of the molecule is CCc1c(C2=N[C@@](c3ccc(F)cc3)(c3ccc(C(F)(F)F)nc3)[C@H](C)N2)c[nH]c(=O)c1Cl. The first-order valence-corrected chi connectivity index (χ1v) is 10.5. The van der Waals surface area contributed by atoms with Gasteiger partial charge in [0.1, 0.15) is 27.9 Å². The van der Waals surface area contributed by atoms with Crippen molar-refractivity contribution in [1.29, 1.82) is 0 Å². The predicted molar refractivity (Wildman–Crippen MR) is 117 cm³/mol. The van der Waals surface area contributed by atoms with Gasteiger partial charge in [0.15, 0.2) is 0 Å². The lowest BCUT2D eigenvalue weighted by atomic mass is 9.79. The molecule has 0 saturated carbocycles. The fraction of sp³-hybridized carbons (Fsp3) is 0.261. The molecule has 0 radical (unpaired) electrons. The molecular formula is C23H19ClF4N4O. The first-order valence-electron chi connectivity index (χ1n) is 10.1. The number of aromatic nitrogens is 2. The molecule has 2 N–H and O–H groups in total. The van der Waals surface area contributed by atoms with E-state index in [9.17, 15) is 22.4 Å². The molecule has 0 spiro atoms. The summed E-state index contributed by atoms with van der Waals surface area (Å²) in [6.45, 7) is 3.66. The Morgan fingerprint density at radius 3 is 2.36 bits per heavy atom. The number of aromatic amines is 1. The molecule has 0 bridgehead atoms. The van der Waals surface area contributed by atoms with Gasteiger partial charge in [0.25, 0.3) is 5.56 Å². The van der Waals surface area contributed by atoms with Gasteiger partial charge in [0, 0.05) is 23.5 Å². The third kappa shape index (κ3) is 3.90. The Morgan fingerprint density at radius 1 is 1.12 bits per heavy atom. The van der Waals surface area contributed by atoms with E-state index in [1.165, 1.54) is 36.5 Å². The summed E-state index contributed by atoms with van der Waals surface area (Å²) in [7, 11) is 0. The van der Waals surface area contributed by atoms with Gasteiger partial charge in [-0.15, -0.1) is 0 Å². The standard InChI is InChI=1S/C23H19ClF4N4O/c1-3-16-17(11-30-21(33)19(16)24)20-31-12(2)22(32-20,13-4-7-15(25)8-5-13)14-6-9-18(29-10-14)23(26,27)28/h4-12H,3H2,1-2H3,(H,30,33)(H,31,32)/t12-,22-/m0/s1. The minimum atomic E-state index is -4.59. The molecule has 0 fully saturated rings. The lowest BCUT2D eigenvalue weighted by Gasteiger charge is -2.31. The van der Waals surface area contributed by atoms with Crippen LogP contribution in [-0.2, 0) is 18.1 Å². The van der Waals surface area contributed by atoms with Crippen LogP contribution in [0.5, 0.6) is 0 Å². The maximum atomic E-state index is 13.7. The van der Waals surface area contributed by atoms with Crippen molar-refractivity contribution in [2.24, 2.45) is 4.99 Å². The summed E-state index contributed by atoms with van der Waals surface area (Å²) in [4.78, 5) is 23.0. The van der Waals surface area contributed by atoms with Crippen molar-refractivity contribution in [2.75, 3.05) is 0 Å². The molecule has 0 saturated heterocycles. The highest BCUT2D eigenvalue weighted by Crippen LogP contribution is 2.42. The van der Waals surface area contributed by atoms with Gasteiger partial charge >= 0.3 is 6.18 Å². The number of halogens is 5. The summed E-state index contributed by atoms with van der Waals surface area (Å²) in [6.07, 6.45) is -1.49. The normalized spacial score (nSPS) is 20.5. The van der Waals surface area contributed by atoms with E-state index in [-0.39, 0.29) is 5.02 Å². The van der Waals surface area contributed by atoms with Gasteiger partial charge in [-0.25, -0.2) is 9.38 Å². The van der Waals surface area contributed by atoms with Crippen molar-refractivity contribution in [3.8, 4) is 0 Å². The quantitative estimate of drug-likeness (QED) is 0.528. The molecule has 1 aromatic carbocycles. The summed E-state index contributed by atoms with van der Waals surface area (Å²) < 4.78 is 52.9. The Labute approximate surface area is 191 Å². The first kappa shape index (κ1) is 23.0. The molecule has 172 valence electrons. The number of alkyl halides is 3. The van der Waals surface area contributed by atoms with Crippen molar-refractivity contribution in [3.63, 3.8) is 0 Å². The molecular weight excluding hydrogens is 460 g/mol. The van der Waals surface area contributed by atoms with Crippen LogP contribution in [0.3, 0.4) is 0 Å². The number of rotatable bonds is 4. The minimum Gasteiger partial charge on any atom is -0.364 e. The second-order valence-corrected chi connectivity index (χ2v) is 8.09. The van der Waals surface area contributed by atoms with E-state index >= 15 is 0 Å². The van der Waals surface area contributed by atoms with Crippen molar-refractivity contribution in [3.05, 3.63) is 97.9 Å². The number of amidine groups is 1. The van der Waals surface area contributed by atoms with Gasteiger partial charge in [-0.1, -0.05) is 36.7 Å². The van der Waals surface area contributed by atoms with Crippen LogP contribution in [0.4, 0.5) is 17.6 Å². The highest BCUT2D eigenvalue weighted by atomic mass is 35.5. The molecule has 5 nitrogen and oxygen atoms in total. The van der Waals surface area contributed by atoms with E-state index in [1.54, 1.807) is 0 Å². The Bertz CT molecular complexity index is 1270. The molecule has 4 rings (SSSR count). The second kappa shape index (κ2) is 8.30. The highest BCUT2D eigenvalue weighted by Gasteiger charge is 2.46. The number of benzene rings is 1. The smallest absolute Gasteiger partial charge is 0.364 e. The Hall–Kier alpha value is -3.20. The van der Waals surface area contributed by atoms with Gasteiger partial charge in [-0.05, 0) is 42.7 Å². The van der Waals surface area contributed by atoms with E-state index in [0.717, 1.165) is 12.3 Å². The van der Waals surface area contributed by atoms with E-state index in [4.69, 9.17) is 16.6 Å². The zero-order valence-corrected chi connectivity index (χ0v) is 18.4. The zero-order valence-electron chi connectivity index (χ0n) is 17.6. The molecule has 3 heterocycles. The van der Waals surface area contributed by atoms with Gasteiger partial charge in [0.2, 0.25) is 0 Å². The van der Waals surface area contributed by atoms with E-state index in [0.29, 0.717) is 34.5 Å². The first-order chi connectivity index (χ1) is 15.6. The number of aliphatic imine (C=N–C) groups is 1. The number of nitrogens with one attached hydrogen (secondary N) is 2. The van der Waals surface area contributed by atoms with Crippen LogP contribution in [0.15, 0.2) is 58.6 Å². The molecule has 1 aliphatic heterocycles. The highest BCUT2D eigenvalue weighted by molar-refractivity contribution is 6.31. The summed E-state index contributed by atoms with van der Waals surface area (Å²) in [5, 5.41) is 3.31. The summed E-state index contributed by atoms with van der Waals surface area (Å²) in [5.41, 5.74) is -0.546. The van der Waals surface area contributed by atoms with Crippen LogP contribution in [0.25, 0.3) is 0 Å². The van der Waals surface area contributed by atoms with Crippen molar-refractivity contribution in [1.82, 2.24) is 15.3 Å². The summed E-state index contributed by atoms with van der Waals surface area (Å²) in [6, 6.07) is 7.38. The van der Waals surface area contributed by atoms with Crippen LogP contribution >= 0.6 is 11.6 Å². The summed E-state index contributed by atoms with van der Waals surface area (Å²) in [5.74, 6) is -0.0512. The predicted octanol–water partition coefficient (Wildman–Crippen LogP) is 4.83. The maximum Gasteiger partial charge on any atom is 0.433 e. The van der Waals surface area contributed by atoms with Crippen LogP contribution in [0.2, 0.25) is 5.02 Å². The third-order valence-corrected chi connectivity index (χ3v) is 6.19. The van der Waals surface area contributed by atoms with Crippen LogP contribution in [0.1, 0.15) is 41.8 Å².